The maximum absolute atomic E-state index is 15.1. The molecule has 1 unspecified atom stereocenters. The highest BCUT2D eigenvalue weighted by molar-refractivity contribution is 7.17. The van der Waals surface area contributed by atoms with Crippen LogP contribution in [0.4, 0.5) is 9.59 Å². The minimum atomic E-state index is -2.10. The number of unbranched alkanes of at least 4 members (excludes halogenated alkanes) is 1. The van der Waals surface area contributed by atoms with Gasteiger partial charge < -0.3 is 120 Å². The van der Waals surface area contributed by atoms with Crippen LogP contribution in [0.25, 0.3) is 10.1 Å². The summed E-state index contributed by atoms with van der Waals surface area (Å²) in [5.74, 6) is -17.1. The predicted octanol–water partition coefficient (Wildman–Crippen LogP) is 4.23. The first-order valence-electron chi connectivity index (χ1n) is 49.8. The van der Waals surface area contributed by atoms with E-state index in [4.69, 9.17) is 10.5 Å². The fourth-order valence-corrected chi connectivity index (χ4v) is 19.7. The first-order valence-corrected chi connectivity index (χ1v) is 51.6. The molecule has 21 N–H and O–H groups in total. The van der Waals surface area contributed by atoms with Gasteiger partial charge in [0.05, 0.1) is 37.1 Å². The molecule has 9 rings (SSSR count). The summed E-state index contributed by atoms with van der Waals surface area (Å²) in [6.45, 7) is 6.81. The number of fused-ring (bicyclic) bond motifs is 3. The molecule has 3 fully saturated rings. The summed E-state index contributed by atoms with van der Waals surface area (Å²) in [7, 11) is 1.62. The van der Waals surface area contributed by atoms with Crippen molar-refractivity contribution in [2.75, 3.05) is 39.8 Å². The first-order chi connectivity index (χ1) is 69.7. The summed E-state index contributed by atoms with van der Waals surface area (Å²) < 4.78 is 6.60. The highest BCUT2D eigenvalue weighted by Crippen LogP contribution is 2.35. The fourth-order valence-electron chi connectivity index (χ4n) is 18.1. The lowest BCUT2D eigenvalue weighted by molar-refractivity contribution is -0.146. The number of aliphatic carboxylic acids is 2. The van der Waals surface area contributed by atoms with Gasteiger partial charge in [-0.2, -0.15) is 11.3 Å². The van der Waals surface area contributed by atoms with Gasteiger partial charge in [0.1, 0.15) is 71.7 Å². The van der Waals surface area contributed by atoms with Crippen LogP contribution in [-0.2, 0) is 107 Å². The van der Waals surface area contributed by atoms with Gasteiger partial charge in [0.25, 0.3) is 0 Å². The van der Waals surface area contributed by atoms with E-state index in [2.05, 4.69) is 85.8 Å². The Kier molecular flexibility index (Phi) is 45.9. The Morgan fingerprint density at radius 1 is 0.575 bits per heavy atom. The SMILES string of the molecule is CN[C@@H](Cc1ccsc1)C(=O)N[C@@H](Cc1csc2ccccc12)C(=O)N[C@@H](CCC(=O)NCCCC[C@@H]1NC(=O)[C@H](Cc2ccccc2)NC(=O)[C@H](C)NC(=O)C(C)(C)NC(=O)[C@H](Cc2cccc(C(=O)O)c2)NC(=O)[C@H](CC(=O)O)NC(=O)NC(O)[C@H](C2CCCCC2)NC(=O)[C@H](CC(=O)O)NC(=O)[C@]2(C/C=C\CCCCCC/C=C\CCCOC(=O)N3CC[C@@H](C3)NC1=O)CCCN2C(C)=O)C(=O)N[C@@H](C)C(N)=O. The topological polar surface area (TPSA) is 627 Å². The lowest BCUT2D eigenvalue weighted by atomic mass is 9.83. The number of nitrogens with two attached hydrogens (primary N) is 1. The molecule has 5 aromatic rings. The van der Waals surface area contributed by atoms with E-state index in [1.807, 2.05) is 58.6 Å². The van der Waals surface area contributed by atoms with E-state index in [1.54, 1.807) is 43.5 Å². The van der Waals surface area contributed by atoms with E-state index in [-0.39, 0.29) is 108 Å². The van der Waals surface area contributed by atoms with E-state index in [9.17, 15) is 107 Å². The third-order valence-corrected chi connectivity index (χ3v) is 28.1. The summed E-state index contributed by atoms with van der Waals surface area (Å²) in [6, 6.07) is 4.65. The smallest absolute Gasteiger partial charge is 0.409 e. The molecule has 14 atom stereocenters. The highest BCUT2D eigenvalue weighted by atomic mass is 32.1. The highest BCUT2D eigenvalue weighted by Gasteiger charge is 2.50. The van der Waals surface area contributed by atoms with Crippen LogP contribution in [0.5, 0.6) is 0 Å². The number of likely N-dealkylation sites (tertiary alicyclic amines) is 1. The molecule has 794 valence electrons. The summed E-state index contributed by atoms with van der Waals surface area (Å²) in [5.41, 5.74) is 3.95. The van der Waals surface area contributed by atoms with Gasteiger partial charge in [-0.3, -0.25) is 76.7 Å². The zero-order chi connectivity index (χ0) is 106. The largest absolute Gasteiger partial charge is 0.481 e. The number of cyclic esters (lactones) is 1. The van der Waals surface area contributed by atoms with Gasteiger partial charge in [0.15, 0.2) is 0 Å². The predicted molar refractivity (Wildman–Crippen MR) is 541 cm³/mol. The second kappa shape index (κ2) is 57.8. The number of aliphatic hydroxyl groups is 1. The molecule has 17 amide bonds. The number of urea groups is 1. The fraction of sp³-hybridized carbons (Fsp3) is 0.539. The van der Waals surface area contributed by atoms with Crippen molar-refractivity contribution >= 4 is 145 Å². The standard InChI is InChI=1S/C102H140N18O24S2/c1-61(85(103)127)106-87(129)73(110-91(133)77(55-69-60-146-80-39-24-23-37-71(69)80)113-89(131)74(104-6)54-66-43-50-145-59-66)40-41-81(122)105-46-27-25-38-72-88(130)108-70-42-48-119(58-70)100(143)144-49-28-16-14-12-10-8-7-9-11-13-15-26-44-102(45-30-47-120(102)63(3)121)98(141)114-78(56-82(123)124)93(135)116-84(67-34-21-18-22-35-67)95(137)117-99(142)115-79(57-83(125)126)92(134)112-76(53-65-33-29-36-68(51-65)96(138)139)94(136)118-101(4,5)97(140)107-62(2)86(128)111-75(90(132)109-72)52-64-31-19-17-20-32-64/h12,14-15,17,19-20,23-24,26,29,31-33,36-37,39,43,50-51,59-62,67,70,72-79,84,95,104,137H,7-11,13,16,18,21-22,25,27-28,30,34-35,38,40-42,44-49,52-58H2,1-6H3,(H2,103,127)(H,105,122)(H,106,129)(H,107,140)(H,108,130)(H,109,132)(H,110,133)(H,111,128)(H,112,134)(H,113,131)(H,114,141)(H,116,135)(H,118,136)(H,123,124)(H,125,126)(H,138,139)(H2,115,117,142)/b14-12-,26-15-/t61-,62-,70-,72-,73-,74-,75-,76-,77-,78-,79-,84-,95?,102-/m0/s1. The molecule has 42 nitrogen and oxygen atoms in total. The molecule has 146 heavy (non-hydrogen) atoms. The van der Waals surface area contributed by atoms with Crippen molar-refractivity contribution in [1.29, 1.82) is 0 Å². The molecule has 2 aromatic heterocycles. The number of rotatable bonds is 30. The molecular weight excluding hydrogens is 1930 g/mol. The van der Waals surface area contributed by atoms with Crippen LogP contribution < -0.4 is 85.5 Å². The number of primary amides is 1. The number of amides is 17. The molecule has 44 heteroatoms. The molecule has 3 aromatic carbocycles. The minimum absolute atomic E-state index is 0.00397. The number of hydrogen-bond donors (Lipinski definition) is 20. The number of allylic oxidation sites excluding steroid dienone is 3. The third kappa shape index (κ3) is 36.5. The number of carbonyl (C=O) groups excluding carboxylic acids is 16. The van der Waals surface area contributed by atoms with Gasteiger partial charge in [-0.15, -0.1) is 11.3 Å². The second-order valence-electron chi connectivity index (χ2n) is 38.1. The molecular formula is C102H140N18O24S2. The van der Waals surface area contributed by atoms with Gasteiger partial charge in [0, 0.05) is 69.5 Å². The molecule has 1 spiro atoms. The van der Waals surface area contributed by atoms with Gasteiger partial charge in [-0.1, -0.05) is 117 Å². The number of nitrogens with one attached hydrogen (secondary N) is 15. The number of carboxylic acids is 3. The molecule has 0 radical (unpaired) electrons. The summed E-state index contributed by atoms with van der Waals surface area (Å²) in [4.78, 5) is 268. The number of aromatic carboxylic acids is 1. The Labute approximate surface area is 855 Å². The summed E-state index contributed by atoms with van der Waals surface area (Å²) in [5, 5.41) is 88.5. The van der Waals surface area contributed by atoms with Crippen molar-refractivity contribution in [2.24, 2.45) is 11.7 Å². The van der Waals surface area contributed by atoms with Gasteiger partial charge in [0.2, 0.25) is 82.7 Å². The van der Waals surface area contributed by atoms with E-state index in [1.165, 1.54) is 91.4 Å². The van der Waals surface area contributed by atoms with Crippen molar-refractivity contribution in [3.05, 3.63) is 153 Å². The normalized spacial score (nSPS) is 23.7. The summed E-state index contributed by atoms with van der Waals surface area (Å²) >= 11 is 2.90. The second-order valence-corrected chi connectivity index (χ2v) is 39.8. The number of benzene rings is 3. The van der Waals surface area contributed by atoms with Crippen LogP contribution in [0.15, 0.2) is 125 Å². The Morgan fingerprint density at radius 2 is 1.18 bits per heavy atom. The number of carbonyl (C=O) groups is 19. The zero-order valence-corrected chi connectivity index (χ0v) is 84.9. The maximum Gasteiger partial charge on any atom is 0.409 e. The Hall–Kier alpha value is -13.7. The molecule has 4 aliphatic rings. The van der Waals surface area contributed by atoms with E-state index in [0.29, 0.717) is 63.4 Å². The number of aliphatic hydroxyl groups excluding tert-OH is 1. The lowest BCUT2D eigenvalue weighted by Gasteiger charge is -2.38. The zero-order valence-electron chi connectivity index (χ0n) is 83.3. The van der Waals surface area contributed by atoms with Crippen LogP contribution >= 0.6 is 22.7 Å². The van der Waals surface area contributed by atoms with Gasteiger partial charge in [-0.25, -0.2) is 14.4 Å². The Balaban J connectivity index is 0.932. The number of likely N-dealkylation sites (N-methyl/N-ethyl adjacent to an activating group) is 1. The average molecular weight is 2070 g/mol. The number of hydrogen-bond acceptors (Lipinski definition) is 24. The molecule has 5 heterocycles. The molecule has 2 saturated heterocycles. The van der Waals surface area contributed by atoms with E-state index >= 15 is 4.79 Å². The summed E-state index contributed by atoms with van der Waals surface area (Å²) in [6.07, 6.45) is 11.5. The number of ether oxygens (including phenoxy) is 1. The monoisotopic (exact) mass is 2060 g/mol. The van der Waals surface area contributed by atoms with E-state index < -0.39 is 228 Å². The van der Waals surface area contributed by atoms with Crippen molar-refractivity contribution < 1.29 is 116 Å². The minimum Gasteiger partial charge on any atom is -0.481 e. The van der Waals surface area contributed by atoms with Crippen molar-refractivity contribution in [3.8, 4) is 0 Å². The molecule has 2 bridgehead atoms. The number of thiophene rings is 2. The number of nitrogens with zero attached hydrogens (tertiary/aromatic N) is 2. The van der Waals surface area contributed by atoms with Crippen LogP contribution in [0.3, 0.4) is 0 Å². The van der Waals surface area contributed by atoms with Crippen molar-refractivity contribution in [2.45, 2.75) is 304 Å². The average Bonchev–Trinajstić information content (AvgIpc) is 1.62. The van der Waals surface area contributed by atoms with Crippen LogP contribution in [0.2, 0.25) is 0 Å². The molecule has 1 aliphatic carbocycles. The first kappa shape index (κ1) is 116. The Morgan fingerprint density at radius 3 is 1.86 bits per heavy atom. The van der Waals surface area contributed by atoms with Gasteiger partial charge in [-0.05, 0) is 218 Å². The number of carboxylic acid groups (broad SMARTS) is 3. The van der Waals surface area contributed by atoms with Crippen LogP contribution in [0.1, 0.15) is 221 Å². The molecule has 1 saturated carbocycles. The van der Waals surface area contributed by atoms with E-state index in [0.717, 1.165) is 59.7 Å². The maximum atomic E-state index is 15.1. The van der Waals surface area contributed by atoms with Crippen molar-refractivity contribution in [1.82, 2.24) is 89.6 Å². The Bertz CT molecular complexity index is 5420. The molecule has 3 aliphatic heterocycles. The van der Waals surface area contributed by atoms with Crippen LogP contribution in [-0.4, -0.2) is 273 Å². The van der Waals surface area contributed by atoms with Crippen molar-refractivity contribution in [3.63, 3.8) is 0 Å². The van der Waals surface area contributed by atoms with Gasteiger partial charge >= 0.3 is 30.0 Å². The lowest BCUT2D eigenvalue weighted by Crippen LogP contribution is -2.64. The quantitative estimate of drug-likeness (QED) is 0.0226. The van der Waals surface area contributed by atoms with Crippen LogP contribution in [0, 0.1) is 5.92 Å². The third-order valence-electron chi connectivity index (χ3n) is 26.4.